The fraction of sp³-hybridized carbons (Fsp3) is 0.911. The lowest BCUT2D eigenvalue weighted by molar-refractivity contribution is 0.520. The smallest absolute Gasteiger partial charge is 0.0344 e. The van der Waals surface area contributed by atoms with Gasteiger partial charge in [-0.25, -0.2) is 0 Å². The second-order valence-corrected chi connectivity index (χ2v) is 30.1. The summed E-state index contributed by atoms with van der Waals surface area (Å²) in [6, 6.07) is 4.88. The van der Waals surface area contributed by atoms with Crippen LogP contribution in [0.3, 0.4) is 0 Å². The van der Waals surface area contributed by atoms with Crippen LogP contribution in [0.5, 0.6) is 0 Å². The lowest BCUT2D eigenvalue weighted by atomic mass is 10.0. The molecule has 0 bridgehead atoms. The number of hydrogen-bond donors (Lipinski definition) is 0. The summed E-state index contributed by atoms with van der Waals surface area (Å²) < 4.78 is 0. The SMILES string of the molecule is [CH2]c1cc(SCCCCCCCCCCCCCCCCCCCCCCCC)c(SCCCCCCCCCCCCCCCCCCCCCCCC)c(SCCCCCCCCCCCCCCCCCCCCCCCC)c1. The molecule has 0 fully saturated rings. The summed E-state index contributed by atoms with van der Waals surface area (Å²) in [6.07, 6.45) is 96.1. The van der Waals surface area contributed by atoms with Gasteiger partial charge in [0, 0.05) is 14.7 Å². The van der Waals surface area contributed by atoms with Crippen LogP contribution in [0.1, 0.15) is 450 Å². The Labute approximate surface area is 532 Å². The first-order valence-electron chi connectivity index (χ1n) is 38.6. The van der Waals surface area contributed by atoms with Crippen molar-refractivity contribution in [1.82, 2.24) is 0 Å². The summed E-state index contributed by atoms with van der Waals surface area (Å²) in [4.78, 5) is 4.68. The van der Waals surface area contributed by atoms with Crippen LogP contribution in [-0.4, -0.2) is 17.3 Å². The standard InChI is InChI=1S/C79H151S3/c1-5-8-11-14-17-20-23-26-29-32-35-38-41-44-47-50-53-56-59-62-65-68-71-80-77-74-76(4)75-78(81-72-69-66-63-60-57-54-51-48-45-42-39-36-33-30-27-24-21-18-15-12-9-6-2)79(77)82-73-70-67-64-61-58-55-52-49-46-43-40-37-34-31-28-25-22-19-16-13-10-7-3/h74-75H,4-73H2,1-3H3. The van der Waals surface area contributed by atoms with Crippen molar-refractivity contribution in [1.29, 1.82) is 0 Å². The summed E-state index contributed by atoms with van der Waals surface area (Å²) in [5.74, 6) is 3.80. The number of hydrogen-bond acceptors (Lipinski definition) is 3. The van der Waals surface area contributed by atoms with E-state index in [1.54, 1.807) is 4.90 Å². The van der Waals surface area contributed by atoms with E-state index in [0.29, 0.717) is 0 Å². The molecule has 0 heterocycles. The van der Waals surface area contributed by atoms with Crippen LogP contribution in [0.4, 0.5) is 0 Å². The number of benzene rings is 1. The van der Waals surface area contributed by atoms with Crippen LogP contribution in [0, 0.1) is 6.92 Å². The van der Waals surface area contributed by atoms with Crippen LogP contribution >= 0.6 is 35.3 Å². The van der Waals surface area contributed by atoms with Crippen molar-refractivity contribution in [2.45, 2.75) is 459 Å². The Bertz CT molecular complexity index is 1250. The van der Waals surface area contributed by atoms with Crippen molar-refractivity contribution < 1.29 is 0 Å². The fourth-order valence-corrected chi connectivity index (χ4v) is 16.5. The molecule has 0 aliphatic carbocycles. The number of thioether (sulfide) groups is 3. The van der Waals surface area contributed by atoms with Gasteiger partial charge in [-0.05, 0) is 61.1 Å². The third-order valence-corrected chi connectivity index (χ3v) is 22.1. The Balaban J connectivity index is 2.29. The molecule has 0 saturated heterocycles. The molecule has 1 aromatic carbocycles. The van der Waals surface area contributed by atoms with E-state index in [4.69, 9.17) is 0 Å². The monoisotopic (exact) mass is 1200 g/mol. The molecule has 1 rings (SSSR count). The second kappa shape index (κ2) is 70.4. The van der Waals surface area contributed by atoms with Gasteiger partial charge in [-0.1, -0.05) is 425 Å². The van der Waals surface area contributed by atoms with Gasteiger partial charge in [0.05, 0.1) is 0 Å². The predicted molar refractivity (Wildman–Crippen MR) is 385 cm³/mol. The Morgan fingerprint density at radius 1 is 0.195 bits per heavy atom. The molecule has 0 N–H and O–H groups in total. The fourth-order valence-electron chi connectivity index (χ4n) is 12.7. The average molecular weight is 1200 g/mol. The molecule has 0 aliphatic heterocycles. The van der Waals surface area contributed by atoms with Gasteiger partial charge in [0.15, 0.2) is 0 Å². The first-order chi connectivity index (χ1) is 40.7. The molecule has 0 unspecified atom stereocenters. The molecule has 0 amide bonds. The predicted octanol–water partition coefficient (Wildman–Crippen LogP) is 31.0. The van der Waals surface area contributed by atoms with Gasteiger partial charge in [0.1, 0.15) is 0 Å². The third kappa shape index (κ3) is 60.6. The van der Waals surface area contributed by atoms with Crippen LogP contribution in [-0.2, 0) is 0 Å². The minimum atomic E-state index is 1.22. The Hall–Kier alpha value is 0.270. The summed E-state index contributed by atoms with van der Waals surface area (Å²) in [5, 5.41) is 0. The molecule has 3 heteroatoms. The summed E-state index contributed by atoms with van der Waals surface area (Å²) >= 11 is 6.50. The number of rotatable bonds is 72. The molecule has 82 heavy (non-hydrogen) atoms. The Morgan fingerprint density at radius 3 is 0.488 bits per heavy atom. The van der Waals surface area contributed by atoms with Crippen molar-refractivity contribution in [3.63, 3.8) is 0 Å². The Kier molecular flexibility index (Phi) is 68.9. The van der Waals surface area contributed by atoms with Gasteiger partial charge in [0.25, 0.3) is 0 Å². The van der Waals surface area contributed by atoms with Crippen LogP contribution in [0.15, 0.2) is 26.8 Å². The molecule has 0 nitrogen and oxygen atoms in total. The van der Waals surface area contributed by atoms with Crippen LogP contribution in [0.2, 0.25) is 0 Å². The zero-order chi connectivity index (χ0) is 58.6. The highest BCUT2D eigenvalue weighted by atomic mass is 32.2. The number of unbranched alkanes of at least 4 members (excludes halogenated alkanes) is 63. The quantitative estimate of drug-likeness (QED) is 0.0471. The maximum Gasteiger partial charge on any atom is 0.0344 e. The van der Waals surface area contributed by atoms with Crippen molar-refractivity contribution >= 4 is 35.3 Å². The van der Waals surface area contributed by atoms with E-state index in [2.05, 4.69) is 75.1 Å². The minimum Gasteiger partial charge on any atom is -0.125 e. The van der Waals surface area contributed by atoms with Gasteiger partial charge < -0.3 is 0 Å². The molecule has 1 radical (unpaired) electrons. The normalized spacial score (nSPS) is 11.8. The minimum absolute atomic E-state index is 1.22. The summed E-state index contributed by atoms with van der Waals surface area (Å²) in [7, 11) is 0. The molecule has 0 aliphatic rings. The van der Waals surface area contributed by atoms with E-state index in [9.17, 15) is 0 Å². The van der Waals surface area contributed by atoms with E-state index in [1.807, 2.05) is 0 Å². The second-order valence-electron chi connectivity index (χ2n) is 26.7. The Morgan fingerprint density at radius 2 is 0.329 bits per heavy atom. The summed E-state index contributed by atoms with van der Waals surface area (Å²) in [6.45, 7) is 11.5. The van der Waals surface area contributed by atoms with Gasteiger partial charge in [-0.2, -0.15) is 0 Å². The maximum atomic E-state index is 4.52. The lowest BCUT2D eigenvalue weighted by Crippen LogP contribution is -1.92. The van der Waals surface area contributed by atoms with E-state index in [1.165, 1.54) is 456 Å². The zero-order valence-electron chi connectivity index (χ0n) is 56.9. The van der Waals surface area contributed by atoms with E-state index < -0.39 is 0 Å². The van der Waals surface area contributed by atoms with E-state index in [-0.39, 0.29) is 0 Å². The van der Waals surface area contributed by atoms with Gasteiger partial charge >= 0.3 is 0 Å². The highest BCUT2D eigenvalue weighted by Gasteiger charge is 2.13. The molecule has 0 atom stereocenters. The molecular formula is C79H151S3. The van der Waals surface area contributed by atoms with Gasteiger partial charge in [-0.15, -0.1) is 35.3 Å². The van der Waals surface area contributed by atoms with Crippen LogP contribution in [0.25, 0.3) is 0 Å². The molecule has 0 spiro atoms. The summed E-state index contributed by atoms with van der Waals surface area (Å²) in [5.41, 5.74) is 1.22. The molecular weight excluding hydrogens is 1050 g/mol. The average Bonchev–Trinajstić information content (AvgIpc) is 3.51. The van der Waals surface area contributed by atoms with Crippen molar-refractivity contribution in [2.75, 3.05) is 17.3 Å². The lowest BCUT2D eigenvalue weighted by Gasteiger charge is -2.16. The molecule has 1 aromatic rings. The first kappa shape index (κ1) is 80.3. The van der Waals surface area contributed by atoms with E-state index in [0.717, 1.165) is 0 Å². The maximum absolute atomic E-state index is 4.52. The van der Waals surface area contributed by atoms with E-state index >= 15 is 0 Å². The largest absolute Gasteiger partial charge is 0.125 e. The molecule has 485 valence electrons. The van der Waals surface area contributed by atoms with Gasteiger partial charge in [-0.3, -0.25) is 0 Å². The van der Waals surface area contributed by atoms with Crippen molar-refractivity contribution in [3.8, 4) is 0 Å². The first-order valence-corrected chi connectivity index (χ1v) is 41.6. The zero-order valence-corrected chi connectivity index (χ0v) is 59.3. The van der Waals surface area contributed by atoms with Crippen LogP contribution < -0.4 is 0 Å². The third-order valence-electron chi connectivity index (χ3n) is 18.3. The highest BCUT2D eigenvalue weighted by molar-refractivity contribution is 8.03. The van der Waals surface area contributed by atoms with Crippen molar-refractivity contribution in [3.05, 3.63) is 24.6 Å². The highest BCUT2D eigenvalue weighted by Crippen LogP contribution is 2.41. The van der Waals surface area contributed by atoms with Gasteiger partial charge in [0.2, 0.25) is 0 Å². The van der Waals surface area contributed by atoms with Crippen molar-refractivity contribution in [2.24, 2.45) is 0 Å². The molecule has 0 saturated carbocycles. The topological polar surface area (TPSA) is 0 Å². The molecule has 0 aromatic heterocycles.